The number of nitrogens with two attached hydrogens (primary N) is 1. The Hall–Kier alpha value is -2.63. The van der Waals surface area contributed by atoms with Gasteiger partial charge < -0.3 is 15.5 Å². The normalized spacial score (nSPS) is 18.7. The summed E-state index contributed by atoms with van der Waals surface area (Å²) in [5, 5.41) is 8.77. The van der Waals surface area contributed by atoms with E-state index in [2.05, 4.69) is 19.8 Å². The van der Waals surface area contributed by atoms with Gasteiger partial charge in [0.2, 0.25) is 5.95 Å². The quantitative estimate of drug-likeness (QED) is 0.502. The first-order valence-corrected chi connectivity index (χ1v) is 8.34. The largest absolute Gasteiger partial charge is 0.398 e. The topological polar surface area (TPSA) is 82.1 Å². The Kier molecular flexibility index (Phi) is 3.40. The molecule has 3 N–H and O–H groups in total. The molecule has 0 radical (unpaired) electrons. The number of nitrogens with one attached hydrogen (secondary N) is 1. The van der Waals surface area contributed by atoms with E-state index in [9.17, 15) is 0 Å². The van der Waals surface area contributed by atoms with Crippen LogP contribution < -0.4 is 10.6 Å². The van der Waals surface area contributed by atoms with Crippen LogP contribution in [0.1, 0.15) is 24.0 Å². The molecule has 0 unspecified atom stereocenters. The monoisotopic (exact) mass is 322 g/mol. The van der Waals surface area contributed by atoms with Crippen LogP contribution in [-0.2, 0) is 0 Å². The first-order chi connectivity index (χ1) is 11.6. The molecule has 2 aromatic rings. The Morgan fingerprint density at radius 3 is 2.58 bits per heavy atom. The molecular formula is C18H22N6. The fourth-order valence-electron chi connectivity index (χ4n) is 3.67. The average Bonchev–Trinajstić information content (AvgIpc) is 3.35. The van der Waals surface area contributed by atoms with E-state index in [0.717, 1.165) is 49.6 Å². The Balaban J connectivity index is 1.59. The van der Waals surface area contributed by atoms with E-state index in [1.807, 2.05) is 31.2 Å². The van der Waals surface area contributed by atoms with Gasteiger partial charge in [-0.15, -0.1) is 0 Å². The fourth-order valence-corrected chi connectivity index (χ4v) is 3.67. The van der Waals surface area contributed by atoms with E-state index in [0.29, 0.717) is 11.5 Å². The molecular weight excluding hydrogens is 300 g/mol. The van der Waals surface area contributed by atoms with Crippen molar-refractivity contribution >= 4 is 17.5 Å². The second-order valence-electron chi connectivity index (χ2n) is 6.73. The van der Waals surface area contributed by atoms with Gasteiger partial charge in [0, 0.05) is 43.3 Å². The Bertz CT molecular complexity index is 748. The molecule has 124 valence electrons. The maximum Gasteiger partial charge on any atom is 0.225 e. The van der Waals surface area contributed by atoms with Crippen LogP contribution in [0.25, 0.3) is 0 Å². The average molecular weight is 322 g/mol. The van der Waals surface area contributed by atoms with Crippen molar-refractivity contribution in [3.63, 3.8) is 0 Å². The summed E-state index contributed by atoms with van der Waals surface area (Å²) in [5.74, 6) is 1.34. The lowest BCUT2D eigenvalue weighted by atomic mass is 10.0. The van der Waals surface area contributed by atoms with Crippen molar-refractivity contribution in [1.82, 2.24) is 14.9 Å². The smallest absolute Gasteiger partial charge is 0.225 e. The van der Waals surface area contributed by atoms with Crippen molar-refractivity contribution in [1.29, 1.82) is 5.41 Å². The second-order valence-corrected chi connectivity index (χ2v) is 6.73. The van der Waals surface area contributed by atoms with Crippen LogP contribution >= 0.6 is 0 Å². The van der Waals surface area contributed by atoms with Crippen LogP contribution in [0.15, 0.2) is 36.7 Å². The van der Waals surface area contributed by atoms with Gasteiger partial charge in [0.1, 0.15) is 5.84 Å². The summed E-state index contributed by atoms with van der Waals surface area (Å²) in [6.45, 7) is 4.50. The number of nitrogens with zero attached hydrogens (tertiary/aromatic N) is 4. The summed E-state index contributed by atoms with van der Waals surface area (Å²) < 4.78 is 0. The lowest BCUT2D eigenvalue weighted by molar-refractivity contribution is 0.257. The van der Waals surface area contributed by atoms with Crippen LogP contribution in [0.3, 0.4) is 0 Å². The van der Waals surface area contributed by atoms with Gasteiger partial charge in [-0.3, -0.25) is 5.41 Å². The van der Waals surface area contributed by atoms with E-state index in [1.54, 1.807) is 12.4 Å². The second kappa shape index (κ2) is 5.47. The fraction of sp³-hybridized carbons (Fsp3) is 0.389. The Labute approximate surface area is 141 Å². The number of hydrogen-bond acceptors (Lipinski definition) is 5. The highest BCUT2D eigenvalue weighted by Crippen LogP contribution is 2.45. The molecule has 2 heterocycles. The maximum atomic E-state index is 8.77. The molecule has 0 bridgehead atoms. The molecule has 24 heavy (non-hydrogen) atoms. The van der Waals surface area contributed by atoms with Crippen LogP contribution in [0.2, 0.25) is 0 Å². The number of hydrogen-bond donors (Lipinski definition) is 2. The first-order valence-electron chi connectivity index (χ1n) is 8.34. The van der Waals surface area contributed by atoms with Crippen LogP contribution in [0.5, 0.6) is 0 Å². The number of piperazine rings is 1. The predicted molar refractivity (Wildman–Crippen MR) is 95.3 cm³/mol. The molecule has 1 aliphatic heterocycles. The van der Waals surface area contributed by atoms with Crippen LogP contribution in [-0.4, -0.2) is 45.9 Å². The van der Waals surface area contributed by atoms with E-state index in [-0.39, 0.29) is 5.54 Å². The summed E-state index contributed by atoms with van der Waals surface area (Å²) in [6.07, 6.45) is 5.77. The van der Waals surface area contributed by atoms with Crippen molar-refractivity contribution in [2.75, 3.05) is 30.3 Å². The third kappa shape index (κ3) is 2.38. The molecule has 0 atom stereocenters. The van der Waals surface area contributed by atoms with E-state index in [4.69, 9.17) is 11.1 Å². The van der Waals surface area contributed by atoms with Crippen LogP contribution in [0.4, 0.5) is 11.6 Å². The number of anilines is 2. The summed E-state index contributed by atoms with van der Waals surface area (Å²) in [7, 11) is 0. The van der Waals surface area contributed by atoms with Crippen LogP contribution in [0, 0.1) is 12.3 Å². The number of rotatable bonds is 2. The molecule has 1 aromatic carbocycles. The third-order valence-electron chi connectivity index (χ3n) is 5.13. The minimum atomic E-state index is 0.0310. The van der Waals surface area contributed by atoms with Gasteiger partial charge in [0.15, 0.2) is 0 Å². The van der Waals surface area contributed by atoms with Gasteiger partial charge in [0.25, 0.3) is 0 Å². The molecule has 1 aromatic heterocycles. The lowest BCUT2D eigenvalue weighted by Crippen LogP contribution is -2.57. The summed E-state index contributed by atoms with van der Waals surface area (Å²) in [6, 6.07) is 7.68. The molecule has 1 aliphatic carbocycles. The highest BCUT2D eigenvalue weighted by atomic mass is 15.4. The van der Waals surface area contributed by atoms with Crippen molar-refractivity contribution in [3.8, 4) is 0 Å². The minimum absolute atomic E-state index is 0.0310. The lowest BCUT2D eigenvalue weighted by Gasteiger charge is -2.43. The number of aryl methyl sites for hydroxylation is 1. The number of nitrogen functional groups attached to an aromatic ring is 1. The summed E-state index contributed by atoms with van der Waals surface area (Å²) >= 11 is 0. The molecule has 1 saturated carbocycles. The molecule has 6 heteroatoms. The zero-order valence-corrected chi connectivity index (χ0v) is 13.9. The van der Waals surface area contributed by atoms with Gasteiger partial charge in [-0.1, -0.05) is 12.1 Å². The van der Waals surface area contributed by atoms with Gasteiger partial charge in [-0.2, -0.15) is 0 Å². The van der Waals surface area contributed by atoms with Gasteiger partial charge in [-0.25, -0.2) is 9.97 Å². The van der Waals surface area contributed by atoms with Crippen molar-refractivity contribution < 1.29 is 0 Å². The van der Waals surface area contributed by atoms with Crippen molar-refractivity contribution in [2.24, 2.45) is 0 Å². The van der Waals surface area contributed by atoms with E-state index >= 15 is 0 Å². The van der Waals surface area contributed by atoms with Gasteiger partial charge in [0.05, 0.1) is 5.54 Å². The maximum absolute atomic E-state index is 8.77. The van der Waals surface area contributed by atoms with Gasteiger partial charge >= 0.3 is 0 Å². The Morgan fingerprint density at radius 2 is 1.92 bits per heavy atom. The van der Waals surface area contributed by atoms with Crippen molar-refractivity contribution in [2.45, 2.75) is 25.3 Å². The zero-order valence-electron chi connectivity index (χ0n) is 13.9. The molecule has 4 rings (SSSR count). The molecule has 1 saturated heterocycles. The molecule has 2 aliphatic rings. The van der Waals surface area contributed by atoms with E-state index < -0.39 is 0 Å². The predicted octanol–water partition coefficient (Wildman–Crippen LogP) is 2.05. The zero-order chi connectivity index (χ0) is 16.7. The Morgan fingerprint density at radius 1 is 1.17 bits per heavy atom. The first kappa shape index (κ1) is 14.9. The molecule has 6 nitrogen and oxygen atoms in total. The highest BCUT2D eigenvalue weighted by Gasteiger charge is 2.53. The standard InChI is InChI=1S/C18H22N6/c1-13-4-2-5-14(19)15(13)16(20)24-11-10-23(12-18(24)6-7-18)17-21-8-3-9-22-17/h2-5,8-9,20H,6-7,10-12,19H2,1H3. The summed E-state index contributed by atoms with van der Waals surface area (Å²) in [5.41, 5.74) is 8.80. The third-order valence-corrected chi connectivity index (χ3v) is 5.13. The van der Waals surface area contributed by atoms with Crippen molar-refractivity contribution in [3.05, 3.63) is 47.8 Å². The highest BCUT2D eigenvalue weighted by molar-refractivity contribution is 6.03. The van der Waals surface area contributed by atoms with Gasteiger partial charge in [-0.05, 0) is 37.5 Å². The molecule has 0 amide bonds. The molecule has 1 spiro atoms. The SMILES string of the molecule is Cc1cccc(N)c1C(=N)N1CCN(c2ncccn2)CC12CC2. The number of amidine groups is 1. The number of benzene rings is 1. The summed E-state index contributed by atoms with van der Waals surface area (Å²) in [4.78, 5) is 13.2. The van der Waals surface area contributed by atoms with E-state index in [1.165, 1.54) is 0 Å². The number of aromatic nitrogens is 2. The molecule has 2 fully saturated rings. The minimum Gasteiger partial charge on any atom is -0.398 e.